The van der Waals surface area contributed by atoms with Gasteiger partial charge in [0.1, 0.15) is 6.29 Å². The van der Waals surface area contributed by atoms with Crippen LogP contribution >= 0.6 is 0 Å². The van der Waals surface area contributed by atoms with Gasteiger partial charge in [-0.25, -0.2) is 0 Å². The van der Waals surface area contributed by atoms with Crippen LogP contribution in [0.2, 0.25) is 0 Å². The molecular weight excluding hydrogens is 112 g/mol. The highest BCUT2D eigenvalue weighted by atomic mass is 16.1. The molecule has 0 aromatic rings. The van der Waals surface area contributed by atoms with Gasteiger partial charge in [0.15, 0.2) is 0 Å². The lowest BCUT2D eigenvalue weighted by Crippen LogP contribution is -1.74. The number of rotatable bonds is 1. The lowest BCUT2D eigenvalue weighted by molar-refractivity contribution is -0.104. The number of allylic oxidation sites excluding steroid dienone is 5. The average Bonchev–Trinajstić information content (AvgIpc) is 2.13. The zero-order chi connectivity index (χ0) is 6.53. The second-order valence-corrected chi connectivity index (χ2v) is 1.64. The fourth-order valence-corrected chi connectivity index (χ4v) is 0.549. The van der Waals surface area contributed by atoms with Crippen molar-refractivity contribution in [2.45, 2.75) is 0 Å². The van der Waals surface area contributed by atoms with Crippen LogP contribution in [0, 0.1) is 0 Å². The van der Waals surface area contributed by atoms with E-state index in [9.17, 15) is 4.79 Å². The van der Waals surface area contributed by atoms with Crippen molar-refractivity contribution in [3.8, 4) is 0 Å². The average molecular weight is 118 g/mol. The number of hydrogen-bond donors (Lipinski definition) is 0. The largest absolute Gasteiger partial charge is 0.298 e. The molecule has 9 heavy (non-hydrogen) atoms. The van der Waals surface area contributed by atoms with Crippen molar-refractivity contribution in [2.75, 3.05) is 0 Å². The molecule has 0 bridgehead atoms. The zero-order valence-corrected chi connectivity index (χ0v) is 4.87. The molecule has 0 saturated heterocycles. The molecule has 44 valence electrons. The minimum atomic E-state index is 0.677. The Morgan fingerprint density at radius 1 is 1.44 bits per heavy atom. The third-order valence-electron chi connectivity index (χ3n) is 0.989. The quantitative estimate of drug-likeness (QED) is 0.375. The summed E-state index contributed by atoms with van der Waals surface area (Å²) in [5.74, 6) is 0. The molecule has 0 aromatic carbocycles. The van der Waals surface area contributed by atoms with Gasteiger partial charge < -0.3 is 0 Å². The number of carbonyl (C=O) groups is 1. The van der Waals surface area contributed by atoms with Crippen LogP contribution in [0.15, 0.2) is 41.7 Å². The van der Waals surface area contributed by atoms with Gasteiger partial charge in [-0.05, 0) is 18.2 Å². The van der Waals surface area contributed by atoms with Crippen LogP contribution in [-0.2, 0) is 4.79 Å². The van der Waals surface area contributed by atoms with Crippen LogP contribution in [0.25, 0.3) is 0 Å². The van der Waals surface area contributed by atoms with Gasteiger partial charge in [0.05, 0.1) is 0 Å². The molecule has 0 radical (unpaired) electrons. The maximum absolute atomic E-state index is 10.1. The Morgan fingerprint density at radius 2 is 2.33 bits per heavy atom. The molecule has 1 rings (SSSR count). The topological polar surface area (TPSA) is 17.1 Å². The molecule has 0 saturated carbocycles. The number of hydrogen-bond acceptors (Lipinski definition) is 1. The van der Waals surface area contributed by atoms with Gasteiger partial charge in [-0.1, -0.05) is 12.2 Å². The first-order valence-corrected chi connectivity index (χ1v) is 2.68. The van der Waals surface area contributed by atoms with Crippen molar-refractivity contribution >= 4 is 6.29 Å². The fraction of sp³-hybridized carbons (Fsp3) is 0. The Morgan fingerprint density at radius 3 is 3.11 bits per heavy atom. The molecule has 0 aliphatic heterocycles. The molecule has 0 spiro atoms. The molecule has 0 N–H and O–H groups in total. The molecule has 0 heterocycles. The summed E-state index contributed by atoms with van der Waals surface area (Å²) in [7, 11) is 0. The van der Waals surface area contributed by atoms with E-state index in [-0.39, 0.29) is 0 Å². The van der Waals surface area contributed by atoms with Crippen molar-refractivity contribution in [1.29, 1.82) is 0 Å². The number of carbonyl (C=O) groups excluding carboxylic acids is 1. The molecule has 1 nitrogen and oxygen atoms in total. The predicted octanol–water partition coefficient (Wildman–Crippen LogP) is 1.39. The SMILES string of the molecule is O=CC1=CC=C=CC=C1. The van der Waals surface area contributed by atoms with E-state index in [1.54, 1.807) is 30.4 Å². The van der Waals surface area contributed by atoms with Gasteiger partial charge in [0.2, 0.25) is 0 Å². The van der Waals surface area contributed by atoms with E-state index in [0.29, 0.717) is 5.57 Å². The molecule has 0 amide bonds. The van der Waals surface area contributed by atoms with Gasteiger partial charge in [0.25, 0.3) is 0 Å². The van der Waals surface area contributed by atoms with Crippen LogP contribution in [-0.4, -0.2) is 6.29 Å². The van der Waals surface area contributed by atoms with Gasteiger partial charge in [-0.2, -0.15) is 0 Å². The van der Waals surface area contributed by atoms with E-state index >= 15 is 0 Å². The van der Waals surface area contributed by atoms with Crippen molar-refractivity contribution < 1.29 is 4.79 Å². The van der Waals surface area contributed by atoms with E-state index in [1.807, 2.05) is 0 Å². The highest BCUT2D eigenvalue weighted by molar-refractivity contribution is 5.78. The van der Waals surface area contributed by atoms with Crippen LogP contribution in [0.3, 0.4) is 0 Å². The molecule has 0 atom stereocenters. The third kappa shape index (κ3) is 1.56. The molecule has 0 unspecified atom stereocenters. The minimum absolute atomic E-state index is 0.677. The molecular formula is C8H6O. The molecule has 1 heteroatoms. The standard InChI is InChI=1S/C8H6O/c9-7-8-5-3-1-2-4-6-8/h1,3-7H. The van der Waals surface area contributed by atoms with Crippen LogP contribution in [0.4, 0.5) is 0 Å². The zero-order valence-electron chi connectivity index (χ0n) is 4.87. The van der Waals surface area contributed by atoms with Crippen molar-refractivity contribution in [3.05, 3.63) is 41.7 Å². The van der Waals surface area contributed by atoms with E-state index in [1.165, 1.54) is 0 Å². The van der Waals surface area contributed by atoms with Gasteiger partial charge >= 0.3 is 0 Å². The van der Waals surface area contributed by atoms with Crippen molar-refractivity contribution in [1.82, 2.24) is 0 Å². The third-order valence-corrected chi connectivity index (χ3v) is 0.989. The normalized spacial score (nSPS) is 14.9. The fourth-order valence-electron chi connectivity index (χ4n) is 0.549. The Kier molecular flexibility index (Phi) is 1.84. The summed E-state index contributed by atoms with van der Waals surface area (Å²) in [6, 6.07) is 0. The monoisotopic (exact) mass is 118 g/mol. The summed E-state index contributed by atoms with van der Waals surface area (Å²) < 4.78 is 0. The smallest absolute Gasteiger partial charge is 0.150 e. The molecule has 1 aliphatic carbocycles. The maximum Gasteiger partial charge on any atom is 0.150 e. The first-order chi connectivity index (χ1) is 4.43. The van der Waals surface area contributed by atoms with Crippen LogP contribution in [0.1, 0.15) is 0 Å². The first kappa shape index (κ1) is 5.80. The lowest BCUT2D eigenvalue weighted by atomic mass is 10.2. The minimum Gasteiger partial charge on any atom is -0.298 e. The number of aldehydes is 1. The predicted molar refractivity (Wildman–Crippen MR) is 35.9 cm³/mol. The summed E-state index contributed by atoms with van der Waals surface area (Å²) in [4.78, 5) is 10.1. The van der Waals surface area contributed by atoms with E-state index in [0.717, 1.165) is 6.29 Å². The molecule has 0 aromatic heterocycles. The molecule has 0 fully saturated rings. The van der Waals surface area contributed by atoms with Crippen molar-refractivity contribution in [2.24, 2.45) is 0 Å². The molecule has 1 aliphatic rings. The van der Waals surface area contributed by atoms with Crippen LogP contribution in [0.5, 0.6) is 0 Å². The first-order valence-electron chi connectivity index (χ1n) is 2.68. The summed E-state index contributed by atoms with van der Waals surface area (Å²) in [6.45, 7) is 0. The van der Waals surface area contributed by atoms with E-state index < -0.39 is 0 Å². The summed E-state index contributed by atoms with van der Waals surface area (Å²) >= 11 is 0. The second kappa shape index (κ2) is 2.85. The summed E-state index contributed by atoms with van der Waals surface area (Å²) in [6.07, 6.45) is 9.52. The van der Waals surface area contributed by atoms with Crippen molar-refractivity contribution in [3.63, 3.8) is 0 Å². The highest BCUT2D eigenvalue weighted by Crippen LogP contribution is 1.95. The maximum atomic E-state index is 10.1. The Bertz CT molecular complexity index is 225. The second-order valence-electron chi connectivity index (χ2n) is 1.64. The van der Waals surface area contributed by atoms with Gasteiger partial charge in [0, 0.05) is 5.57 Å². The Hall–Kier alpha value is -1.33. The Balaban J connectivity index is 2.91. The van der Waals surface area contributed by atoms with Gasteiger partial charge in [-0.15, -0.1) is 5.73 Å². The van der Waals surface area contributed by atoms with Crippen LogP contribution < -0.4 is 0 Å². The van der Waals surface area contributed by atoms with Gasteiger partial charge in [-0.3, -0.25) is 4.79 Å². The highest BCUT2D eigenvalue weighted by Gasteiger charge is 1.84. The Labute approximate surface area is 53.7 Å². The lowest BCUT2D eigenvalue weighted by Gasteiger charge is -1.79. The van der Waals surface area contributed by atoms with E-state index in [2.05, 4.69) is 5.73 Å². The summed E-state index contributed by atoms with van der Waals surface area (Å²) in [5, 5.41) is 0. The van der Waals surface area contributed by atoms with E-state index in [4.69, 9.17) is 0 Å². The summed E-state index contributed by atoms with van der Waals surface area (Å²) in [5.41, 5.74) is 3.52.